The van der Waals surface area contributed by atoms with Crippen molar-refractivity contribution in [3.05, 3.63) is 66.0 Å². The number of hydrogen-bond donors (Lipinski definition) is 4. The third-order valence-corrected chi connectivity index (χ3v) is 3.99. The van der Waals surface area contributed by atoms with Crippen molar-refractivity contribution in [3.8, 4) is 0 Å². The molecule has 2 aromatic carbocycles. The number of methoxy groups -OCH3 is 1. The summed E-state index contributed by atoms with van der Waals surface area (Å²) >= 11 is 0. The van der Waals surface area contributed by atoms with Gasteiger partial charge < -0.3 is 20.8 Å². The number of rotatable bonds is 6. The third kappa shape index (κ3) is 4.53. The molecule has 1 aliphatic rings. The number of benzene rings is 2. The molecule has 26 heavy (non-hydrogen) atoms. The minimum Gasteiger partial charge on any atom is -0.384 e. The molecule has 0 saturated heterocycles. The average molecular weight is 353 g/mol. The van der Waals surface area contributed by atoms with Crippen LogP contribution in [0.5, 0.6) is 0 Å². The maximum atomic E-state index is 12.1. The predicted octanol–water partition coefficient (Wildman–Crippen LogP) is 3.35. The molecular weight excluding hydrogens is 330 g/mol. The van der Waals surface area contributed by atoms with Crippen molar-refractivity contribution in [2.24, 2.45) is 0 Å². The number of aryl methyl sites for hydroxylation is 1. The topological polar surface area (TPSA) is 77.7 Å². The van der Waals surface area contributed by atoms with Crippen molar-refractivity contribution in [1.29, 1.82) is 0 Å². The molecule has 0 radical (unpaired) electrons. The molecule has 2 aromatic rings. The van der Waals surface area contributed by atoms with E-state index in [2.05, 4.69) is 21.6 Å². The van der Waals surface area contributed by atoms with Crippen LogP contribution in [0.25, 0.3) is 0 Å². The standard InChI is InChI=1S/C19H23N5O2/c1-14-5-3-4-6-18(14)21-19(25)20-15-7-9-17(10-8-15)24-13-16(22-23-24)11-12-26-2/h3-10,13,22-23H,11-12H2,1-2H3,(H2,20,21,25). The number of hydrogen-bond acceptors (Lipinski definition) is 5. The lowest BCUT2D eigenvalue weighted by Gasteiger charge is -2.16. The molecule has 136 valence electrons. The van der Waals surface area contributed by atoms with Crippen LogP contribution < -0.4 is 26.6 Å². The predicted molar refractivity (Wildman–Crippen MR) is 104 cm³/mol. The highest BCUT2D eigenvalue weighted by molar-refractivity contribution is 6.00. The third-order valence-electron chi connectivity index (χ3n) is 3.99. The number of carbonyl (C=O) groups is 1. The Kier molecular flexibility index (Phi) is 5.73. The Morgan fingerprint density at radius 3 is 2.62 bits per heavy atom. The molecule has 0 spiro atoms. The minimum absolute atomic E-state index is 0.269. The fourth-order valence-corrected chi connectivity index (χ4v) is 2.53. The van der Waals surface area contributed by atoms with Crippen molar-refractivity contribution < 1.29 is 9.53 Å². The molecule has 0 fully saturated rings. The quantitative estimate of drug-likeness (QED) is 0.641. The number of ether oxygens (including phenoxy) is 1. The van der Waals surface area contributed by atoms with Crippen molar-refractivity contribution in [2.45, 2.75) is 13.3 Å². The summed E-state index contributed by atoms with van der Waals surface area (Å²) in [4.78, 5) is 12.1. The minimum atomic E-state index is -0.269. The number of urea groups is 1. The lowest BCUT2D eigenvalue weighted by atomic mass is 10.2. The van der Waals surface area contributed by atoms with Gasteiger partial charge in [0.2, 0.25) is 0 Å². The molecule has 3 rings (SSSR count). The van der Waals surface area contributed by atoms with E-state index in [0.717, 1.165) is 34.7 Å². The first-order valence-electron chi connectivity index (χ1n) is 8.40. The highest BCUT2D eigenvalue weighted by atomic mass is 16.5. The summed E-state index contributed by atoms with van der Waals surface area (Å²) in [5, 5.41) is 7.56. The first-order valence-corrected chi connectivity index (χ1v) is 8.40. The number of amides is 2. The summed E-state index contributed by atoms with van der Waals surface area (Å²) in [5.74, 6) is 0. The summed E-state index contributed by atoms with van der Waals surface area (Å²) in [6, 6.07) is 14.9. The number of hydrazine groups is 2. The van der Waals surface area contributed by atoms with Crippen LogP contribution in [-0.2, 0) is 4.74 Å². The molecule has 0 saturated carbocycles. The summed E-state index contributed by atoms with van der Waals surface area (Å²) in [5.41, 5.74) is 10.7. The van der Waals surface area contributed by atoms with E-state index in [1.54, 1.807) is 7.11 Å². The Bertz CT molecular complexity index is 789. The number of para-hydroxylation sites is 1. The highest BCUT2D eigenvalue weighted by Gasteiger charge is 2.12. The first kappa shape index (κ1) is 17.8. The van der Waals surface area contributed by atoms with Gasteiger partial charge in [-0.05, 0) is 42.8 Å². The van der Waals surface area contributed by atoms with E-state index in [0.29, 0.717) is 6.61 Å². The van der Waals surface area contributed by atoms with Gasteiger partial charge in [0.15, 0.2) is 0 Å². The number of carbonyl (C=O) groups excluding carboxylic acids is 1. The molecule has 2 amide bonds. The van der Waals surface area contributed by atoms with Crippen LogP contribution >= 0.6 is 0 Å². The van der Waals surface area contributed by atoms with Gasteiger partial charge in [-0.2, -0.15) is 0 Å². The van der Waals surface area contributed by atoms with Crippen LogP contribution in [0.2, 0.25) is 0 Å². The second kappa shape index (κ2) is 8.37. The van der Waals surface area contributed by atoms with Gasteiger partial charge in [0.25, 0.3) is 0 Å². The Morgan fingerprint density at radius 2 is 1.88 bits per heavy atom. The fraction of sp³-hybridized carbons (Fsp3) is 0.211. The molecule has 4 N–H and O–H groups in total. The van der Waals surface area contributed by atoms with Crippen molar-refractivity contribution in [3.63, 3.8) is 0 Å². The number of anilines is 3. The maximum absolute atomic E-state index is 12.1. The monoisotopic (exact) mass is 353 g/mol. The van der Waals surface area contributed by atoms with Gasteiger partial charge in [-0.3, -0.25) is 5.01 Å². The normalized spacial score (nSPS) is 13.2. The molecule has 7 nitrogen and oxygen atoms in total. The molecule has 1 heterocycles. The Hall–Kier alpha value is -3.03. The zero-order chi connectivity index (χ0) is 18.4. The Morgan fingerprint density at radius 1 is 1.12 bits per heavy atom. The molecule has 0 aromatic heterocycles. The van der Waals surface area contributed by atoms with Gasteiger partial charge in [-0.25, -0.2) is 4.79 Å². The van der Waals surface area contributed by atoms with Gasteiger partial charge in [-0.15, -0.1) is 5.53 Å². The van der Waals surface area contributed by atoms with E-state index in [4.69, 9.17) is 4.74 Å². The van der Waals surface area contributed by atoms with E-state index in [1.165, 1.54) is 0 Å². The lowest BCUT2D eigenvalue weighted by Crippen LogP contribution is -2.36. The summed E-state index contributed by atoms with van der Waals surface area (Å²) in [6.07, 6.45) is 2.78. The zero-order valence-corrected chi connectivity index (χ0v) is 14.9. The molecule has 0 aliphatic carbocycles. The molecule has 0 atom stereocenters. The summed E-state index contributed by atoms with van der Waals surface area (Å²) in [7, 11) is 1.68. The van der Waals surface area contributed by atoms with Crippen LogP contribution in [0.15, 0.2) is 60.4 Å². The summed E-state index contributed by atoms with van der Waals surface area (Å²) < 4.78 is 5.07. The van der Waals surface area contributed by atoms with Gasteiger partial charge >= 0.3 is 6.03 Å². The van der Waals surface area contributed by atoms with E-state index >= 15 is 0 Å². The van der Waals surface area contributed by atoms with Crippen molar-refractivity contribution >= 4 is 23.1 Å². The SMILES string of the molecule is COCCC1=CN(c2ccc(NC(=O)Nc3ccccc3C)cc2)NN1. The van der Waals surface area contributed by atoms with Gasteiger partial charge in [0.05, 0.1) is 12.3 Å². The average Bonchev–Trinajstić information content (AvgIpc) is 3.11. The maximum Gasteiger partial charge on any atom is 0.323 e. The molecule has 0 bridgehead atoms. The lowest BCUT2D eigenvalue weighted by molar-refractivity contribution is 0.200. The second-order valence-electron chi connectivity index (χ2n) is 5.94. The zero-order valence-electron chi connectivity index (χ0n) is 14.9. The number of nitrogens with zero attached hydrogens (tertiary/aromatic N) is 1. The molecule has 7 heteroatoms. The van der Waals surface area contributed by atoms with Crippen LogP contribution in [0.4, 0.5) is 21.9 Å². The van der Waals surface area contributed by atoms with E-state index in [1.807, 2.05) is 66.7 Å². The fourth-order valence-electron chi connectivity index (χ4n) is 2.53. The van der Waals surface area contributed by atoms with Crippen LogP contribution in [0.3, 0.4) is 0 Å². The highest BCUT2D eigenvalue weighted by Crippen LogP contribution is 2.20. The van der Waals surface area contributed by atoms with Crippen LogP contribution in [-0.4, -0.2) is 19.7 Å². The van der Waals surface area contributed by atoms with Crippen molar-refractivity contribution in [2.75, 3.05) is 29.4 Å². The molecular formula is C19H23N5O2. The Balaban J connectivity index is 1.57. The first-order chi connectivity index (χ1) is 12.7. The van der Waals surface area contributed by atoms with Gasteiger partial charge in [0, 0.05) is 36.8 Å². The second-order valence-corrected chi connectivity index (χ2v) is 5.94. The van der Waals surface area contributed by atoms with E-state index < -0.39 is 0 Å². The van der Waals surface area contributed by atoms with E-state index in [-0.39, 0.29) is 6.03 Å². The van der Waals surface area contributed by atoms with Gasteiger partial charge in [0.1, 0.15) is 0 Å². The van der Waals surface area contributed by atoms with Gasteiger partial charge in [-0.1, -0.05) is 18.2 Å². The van der Waals surface area contributed by atoms with Crippen LogP contribution in [0.1, 0.15) is 12.0 Å². The molecule has 1 aliphatic heterocycles. The van der Waals surface area contributed by atoms with Crippen LogP contribution in [0, 0.1) is 6.92 Å². The van der Waals surface area contributed by atoms with Crippen molar-refractivity contribution in [1.82, 2.24) is 11.0 Å². The number of nitrogens with one attached hydrogen (secondary N) is 4. The van der Waals surface area contributed by atoms with E-state index in [9.17, 15) is 4.79 Å². The summed E-state index contributed by atoms with van der Waals surface area (Å²) in [6.45, 7) is 2.61. The smallest absolute Gasteiger partial charge is 0.323 e. The Labute approximate surface area is 153 Å². The largest absolute Gasteiger partial charge is 0.384 e. The molecule has 0 unspecified atom stereocenters.